The third-order valence-corrected chi connectivity index (χ3v) is 5.93. The summed E-state index contributed by atoms with van der Waals surface area (Å²) in [6.45, 7) is 13.7. The molecule has 2 atom stereocenters. The molecule has 2 aliphatic rings. The molecule has 0 fully saturated rings. The Morgan fingerprint density at radius 3 is 2.39 bits per heavy atom. The molecule has 124 valence electrons. The maximum atomic E-state index is 6.46. The largest absolute Gasteiger partial charge is 0.487 e. The number of fused-ring (bicyclic) bond motifs is 2. The molecule has 1 aliphatic heterocycles. The number of allylic oxidation sites excluding steroid dienone is 2. The van der Waals surface area contributed by atoms with Crippen LogP contribution in [0, 0.1) is 0 Å². The maximum Gasteiger partial charge on any atom is 0.133 e. The fourth-order valence-corrected chi connectivity index (χ4v) is 4.53. The van der Waals surface area contributed by atoms with Crippen LogP contribution in [-0.2, 0) is 10.8 Å². The van der Waals surface area contributed by atoms with Crippen molar-refractivity contribution in [3.8, 4) is 5.75 Å². The average molecular weight is 329 g/mol. The number of thioether (sulfide) groups is 1. The van der Waals surface area contributed by atoms with E-state index in [0.717, 1.165) is 12.2 Å². The number of hydrogen-bond acceptors (Lipinski definition) is 2. The number of ether oxygens (including phenoxy) is 1. The van der Waals surface area contributed by atoms with Gasteiger partial charge in [-0.1, -0.05) is 71.9 Å². The minimum absolute atomic E-state index is 0.112. The van der Waals surface area contributed by atoms with Crippen molar-refractivity contribution < 1.29 is 4.74 Å². The van der Waals surface area contributed by atoms with Crippen LogP contribution in [0.1, 0.15) is 59.1 Å². The van der Waals surface area contributed by atoms with Crippen molar-refractivity contribution in [3.05, 3.63) is 47.6 Å². The van der Waals surface area contributed by atoms with E-state index < -0.39 is 0 Å². The molecular weight excluding hydrogens is 300 g/mol. The van der Waals surface area contributed by atoms with Gasteiger partial charge in [0.1, 0.15) is 11.9 Å². The van der Waals surface area contributed by atoms with Gasteiger partial charge in [-0.2, -0.15) is 0 Å². The third kappa shape index (κ3) is 3.38. The second-order valence-corrected chi connectivity index (χ2v) is 9.83. The molecule has 0 radical (unpaired) electrons. The SMILES string of the molecule is CC(C)(C)c1cc2c(c(C(C)(C)C)c1)SC1C=CC=CCC1O2. The van der Waals surface area contributed by atoms with Crippen LogP contribution in [0.25, 0.3) is 0 Å². The molecule has 2 unspecified atom stereocenters. The highest BCUT2D eigenvalue weighted by Gasteiger charge is 2.34. The van der Waals surface area contributed by atoms with Gasteiger partial charge in [0.2, 0.25) is 0 Å². The molecule has 1 heterocycles. The van der Waals surface area contributed by atoms with Crippen molar-refractivity contribution in [2.75, 3.05) is 0 Å². The summed E-state index contributed by atoms with van der Waals surface area (Å²) in [4.78, 5) is 1.33. The third-order valence-electron chi connectivity index (χ3n) is 4.54. The van der Waals surface area contributed by atoms with Gasteiger partial charge in [-0.15, -0.1) is 11.8 Å². The summed E-state index contributed by atoms with van der Waals surface area (Å²) in [7, 11) is 0. The van der Waals surface area contributed by atoms with Crippen molar-refractivity contribution in [1.29, 1.82) is 0 Å². The van der Waals surface area contributed by atoms with E-state index in [1.165, 1.54) is 16.0 Å². The first kappa shape index (κ1) is 16.7. The fourth-order valence-electron chi connectivity index (χ4n) is 3.05. The Balaban J connectivity index is 2.12. The van der Waals surface area contributed by atoms with Gasteiger partial charge < -0.3 is 4.74 Å². The van der Waals surface area contributed by atoms with E-state index in [2.05, 4.69) is 78.0 Å². The van der Waals surface area contributed by atoms with E-state index in [-0.39, 0.29) is 16.9 Å². The predicted octanol–water partition coefficient (Wildman–Crippen LogP) is 6.02. The molecule has 1 aliphatic carbocycles. The van der Waals surface area contributed by atoms with Gasteiger partial charge in [0.25, 0.3) is 0 Å². The molecule has 0 bridgehead atoms. The molecule has 3 rings (SSSR count). The first-order valence-corrected chi connectivity index (χ1v) is 9.40. The Hall–Kier alpha value is -1.15. The summed E-state index contributed by atoms with van der Waals surface area (Å²) in [5.41, 5.74) is 3.01. The normalized spacial score (nSPS) is 23.7. The first-order valence-electron chi connectivity index (χ1n) is 8.52. The van der Waals surface area contributed by atoms with Crippen molar-refractivity contribution in [2.45, 2.75) is 75.0 Å². The van der Waals surface area contributed by atoms with E-state index in [1.807, 2.05) is 11.8 Å². The number of hydrogen-bond donors (Lipinski definition) is 0. The van der Waals surface area contributed by atoms with Gasteiger partial charge in [-0.3, -0.25) is 0 Å². The average Bonchev–Trinajstić information content (AvgIpc) is 2.66. The van der Waals surface area contributed by atoms with Gasteiger partial charge >= 0.3 is 0 Å². The van der Waals surface area contributed by atoms with E-state index in [9.17, 15) is 0 Å². The van der Waals surface area contributed by atoms with Gasteiger partial charge in [0.15, 0.2) is 0 Å². The van der Waals surface area contributed by atoms with Crippen molar-refractivity contribution in [1.82, 2.24) is 0 Å². The monoisotopic (exact) mass is 328 g/mol. The molecule has 1 aromatic carbocycles. The lowest BCUT2D eigenvalue weighted by Crippen LogP contribution is -2.32. The highest BCUT2D eigenvalue weighted by atomic mass is 32.2. The summed E-state index contributed by atoms with van der Waals surface area (Å²) in [5.74, 6) is 1.08. The smallest absolute Gasteiger partial charge is 0.133 e. The fraction of sp³-hybridized carbons (Fsp3) is 0.524. The van der Waals surface area contributed by atoms with Crippen LogP contribution in [0.5, 0.6) is 5.75 Å². The molecule has 0 aromatic heterocycles. The van der Waals surface area contributed by atoms with E-state index in [4.69, 9.17) is 4.74 Å². The Labute approximate surface area is 145 Å². The minimum atomic E-state index is 0.112. The summed E-state index contributed by atoms with van der Waals surface area (Å²) in [6, 6.07) is 4.67. The molecule has 1 nitrogen and oxygen atoms in total. The highest BCUT2D eigenvalue weighted by molar-refractivity contribution is 8.00. The molecule has 0 N–H and O–H groups in total. The van der Waals surface area contributed by atoms with E-state index in [0.29, 0.717) is 5.25 Å². The lowest BCUT2D eigenvalue weighted by molar-refractivity contribution is 0.201. The van der Waals surface area contributed by atoms with Crippen molar-refractivity contribution >= 4 is 11.8 Å². The van der Waals surface area contributed by atoms with E-state index in [1.54, 1.807) is 0 Å². The molecular formula is C21H28OS. The van der Waals surface area contributed by atoms with Crippen LogP contribution in [-0.4, -0.2) is 11.4 Å². The maximum absolute atomic E-state index is 6.46. The van der Waals surface area contributed by atoms with Crippen molar-refractivity contribution in [2.24, 2.45) is 0 Å². The Bertz CT molecular complexity index is 656. The van der Waals surface area contributed by atoms with Crippen molar-refractivity contribution in [3.63, 3.8) is 0 Å². The number of rotatable bonds is 0. The van der Waals surface area contributed by atoms with Crippen LogP contribution in [0.4, 0.5) is 0 Å². The Morgan fingerprint density at radius 2 is 1.74 bits per heavy atom. The molecule has 0 saturated heterocycles. The molecule has 23 heavy (non-hydrogen) atoms. The molecule has 0 amide bonds. The lowest BCUT2D eigenvalue weighted by atomic mass is 9.80. The highest BCUT2D eigenvalue weighted by Crippen LogP contribution is 2.48. The topological polar surface area (TPSA) is 9.23 Å². The quantitative estimate of drug-likeness (QED) is 0.576. The Morgan fingerprint density at radius 1 is 1.00 bits per heavy atom. The lowest BCUT2D eigenvalue weighted by Gasteiger charge is -2.36. The first-order chi connectivity index (χ1) is 10.7. The molecule has 0 spiro atoms. The zero-order valence-electron chi connectivity index (χ0n) is 15.1. The summed E-state index contributed by atoms with van der Waals surface area (Å²) < 4.78 is 6.46. The van der Waals surface area contributed by atoms with E-state index >= 15 is 0 Å². The van der Waals surface area contributed by atoms with Gasteiger partial charge in [-0.05, 0) is 28.0 Å². The minimum Gasteiger partial charge on any atom is -0.487 e. The van der Waals surface area contributed by atoms with Crippen LogP contribution in [0.2, 0.25) is 0 Å². The van der Waals surface area contributed by atoms with Gasteiger partial charge in [0, 0.05) is 6.42 Å². The van der Waals surface area contributed by atoms with Crippen LogP contribution in [0.15, 0.2) is 41.3 Å². The number of benzene rings is 1. The van der Waals surface area contributed by atoms with Gasteiger partial charge in [0.05, 0.1) is 10.1 Å². The molecule has 2 heteroatoms. The second-order valence-electron chi connectivity index (χ2n) is 8.64. The van der Waals surface area contributed by atoms with Crippen LogP contribution < -0.4 is 4.74 Å². The van der Waals surface area contributed by atoms with Crippen LogP contribution >= 0.6 is 11.8 Å². The second kappa shape index (κ2) is 5.73. The van der Waals surface area contributed by atoms with Gasteiger partial charge in [-0.25, -0.2) is 0 Å². The predicted molar refractivity (Wildman–Crippen MR) is 101 cm³/mol. The summed E-state index contributed by atoms with van der Waals surface area (Å²) in [6.07, 6.45) is 10.0. The molecule has 1 aromatic rings. The zero-order chi connectivity index (χ0) is 16.8. The summed E-state index contributed by atoms with van der Waals surface area (Å²) >= 11 is 1.98. The summed E-state index contributed by atoms with van der Waals surface area (Å²) in [5, 5.41) is 0.402. The Kier molecular flexibility index (Phi) is 4.16. The standard InChI is InChI=1S/C21H28OS/c1-20(2,3)14-12-15(21(4,5)6)19-17(13-14)22-16-10-8-7-9-11-18(16)23-19/h7-9,11-13,16,18H,10H2,1-6H3. The zero-order valence-corrected chi connectivity index (χ0v) is 16.0. The molecule has 0 saturated carbocycles. The van der Waals surface area contributed by atoms with Crippen LogP contribution in [0.3, 0.4) is 0 Å².